The third kappa shape index (κ3) is 4.47. The molecule has 0 spiro atoms. The Labute approximate surface area is 162 Å². The smallest absolute Gasteiger partial charge is 0.244 e. The molecule has 3 rings (SSSR count). The van der Waals surface area contributed by atoms with Gasteiger partial charge in [-0.2, -0.15) is 5.10 Å². The topological polar surface area (TPSA) is 41.4 Å². The van der Waals surface area contributed by atoms with Crippen molar-refractivity contribution in [2.75, 3.05) is 26.2 Å². The fraction of sp³-hybridized carbons (Fsp3) is 0.412. The van der Waals surface area contributed by atoms with Crippen molar-refractivity contribution in [3.63, 3.8) is 0 Å². The van der Waals surface area contributed by atoms with Crippen LogP contribution in [0.5, 0.6) is 0 Å². The van der Waals surface area contributed by atoms with Crippen molar-refractivity contribution in [1.82, 2.24) is 19.6 Å². The maximum Gasteiger partial charge on any atom is 0.244 e. The molecule has 0 N–H and O–H groups in total. The van der Waals surface area contributed by atoms with Crippen LogP contribution in [0.4, 0.5) is 0 Å². The third-order valence-electron chi connectivity index (χ3n) is 4.46. The SMILES string of the molecule is Cc1c(Cl)cnn1CC(=O)N1CCN(Cc2ccc(Cl)cc2Cl)CC1. The van der Waals surface area contributed by atoms with Gasteiger partial charge in [0, 0.05) is 42.8 Å². The first-order chi connectivity index (χ1) is 11.9. The van der Waals surface area contributed by atoms with Crippen LogP contribution in [0.15, 0.2) is 24.4 Å². The van der Waals surface area contributed by atoms with Gasteiger partial charge >= 0.3 is 0 Å². The number of carbonyl (C=O) groups excluding carboxylic acids is 1. The van der Waals surface area contributed by atoms with Gasteiger partial charge in [-0.05, 0) is 24.6 Å². The lowest BCUT2D eigenvalue weighted by molar-refractivity contribution is -0.133. The van der Waals surface area contributed by atoms with E-state index in [1.165, 1.54) is 0 Å². The Bertz CT molecular complexity index is 769. The highest BCUT2D eigenvalue weighted by Crippen LogP contribution is 2.22. The lowest BCUT2D eigenvalue weighted by Gasteiger charge is -2.35. The molecule has 1 aliphatic rings. The zero-order chi connectivity index (χ0) is 18.0. The van der Waals surface area contributed by atoms with Crippen LogP contribution < -0.4 is 0 Å². The standard InChI is InChI=1S/C17H19Cl3N4O/c1-12-16(20)9-21-24(12)11-17(25)23-6-4-22(5-7-23)10-13-2-3-14(18)8-15(13)19/h2-3,8-9H,4-7,10-11H2,1H3. The Hall–Kier alpha value is -1.27. The zero-order valence-corrected chi connectivity index (χ0v) is 16.2. The molecule has 1 aromatic heterocycles. The van der Waals surface area contributed by atoms with Crippen molar-refractivity contribution >= 4 is 40.7 Å². The molecule has 1 saturated heterocycles. The van der Waals surface area contributed by atoms with E-state index >= 15 is 0 Å². The Morgan fingerprint density at radius 1 is 1.12 bits per heavy atom. The number of aromatic nitrogens is 2. The summed E-state index contributed by atoms with van der Waals surface area (Å²) in [7, 11) is 0. The largest absolute Gasteiger partial charge is 0.339 e. The number of nitrogens with zero attached hydrogens (tertiary/aromatic N) is 4. The molecule has 1 fully saturated rings. The molecule has 1 aliphatic heterocycles. The second kappa shape index (κ2) is 7.96. The van der Waals surface area contributed by atoms with Gasteiger partial charge in [-0.15, -0.1) is 0 Å². The summed E-state index contributed by atoms with van der Waals surface area (Å²) in [5.41, 5.74) is 1.86. The van der Waals surface area contributed by atoms with Crippen LogP contribution in [0.1, 0.15) is 11.3 Å². The Kier molecular flexibility index (Phi) is 5.89. The van der Waals surface area contributed by atoms with Crippen molar-refractivity contribution in [2.24, 2.45) is 0 Å². The van der Waals surface area contributed by atoms with E-state index in [-0.39, 0.29) is 12.5 Å². The van der Waals surface area contributed by atoms with Gasteiger partial charge in [-0.1, -0.05) is 40.9 Å². The quantitative estimate of drug-likeness (QED) is 0.787. The minimum atomic E-state index is 0.0621. The number of carbonyl (C=O) groups is 1. The van der Waals surface area contributed by atoms with Crippen LogP contribution in [0.2, 0.25) is 15.1 Å². The molecule has 0 aliphatic carbocycles. The Morgan fingerprint density at radius 3 is 2.44 bits per heavy atom. The van der Waals surface area contributed by atoms with Crippen molar-refractivity contribution in [3.05, 3.63) is 50.7 Å². The fourth-order valence-corrected chi connectivity index (χ4v) is 3.47. The van der Waals surface area contributed by atoms with E-state index in [9.17, 15) is 4.79 Å². The number of rotatable bonds is 4. The van der Waals surface area contributed by atoms with E-state index in [2.05, 4.69) is 10.00 Å². The minimum Gasteiger partial charge on any atom is -0.339 e. The third-order valence-corrected chi connectivity index (χ3v) is 5.42. The highest BCUT2D eigenvalue weighted by Gasteiger charge is 2.22. The van der Waals surface area contributed by atoms with Gasteiger partial charge in [-0.3, -0.25) is 14.4 Å². The molecule has 0 atom stereocenters. The highest BCUT2D eigenvalue weighted by atomic mass is 35.5. The van der Waals surface area contributed by atoms with E-state index in [1.54, 1.807) is 16.9 Å². The number of piperazine rings is 1. The number of hydrogen-bond acceptors (Lipinski definition) is 3. The van der Waals surface area contributed by atoms with Gasteiger partial charge in [0.2, 0.25) is 5.91 Å². The first-order valence-corrected chi connectivity index (χ1v) is 9.19. The van der Waals surface area contributed by atoms with Gasteiger partial charge in [0.05, 0.1) is 16.9 Å². The molecule has 1 aromatic carbocycles. The fourth-order valence-electron chi connectivity index (χ4n) is 2.86. The number of amides is 1. The summed E-state index contributed by atoms with van der Waals surface area (Å²) >= 11 is 18.2. The van der Waals surface area contributed by atoms with Crippen LogP contribution >= 0.6 is 34.8 Å². The van der Waals surface area contributed by atoms with Crippen molar-refractivity contribution < 1.29 is 4.79 Å². The zero-order valence-electron chi connectivity index (χ0n) is 13.9. The van der Waals surface area contributed by atoms with Gasteiger partial charge < -0.3 is 4.90 Å². The normalized spacial score (nSPS) is 15.6. The van der Waals surface area contributed by atoms with Gasteiger partial charge in [0.15, 0.2) is 0 Å². The molecule has 0 bridgehead atoms. The van der Waals surface area contributed by atoms with E-state index in [4.69, 9.17) is 34.8 Å². The minimum absolute atomic E-state index is 0.0621. The van der Waals surface area contributed by atoms with Crippen LogP contribution in [-0.2, 0) is 17.9 Å². The second-order valence-corrected chi connectivity index (χ2v) is 7.38. The van der Waals surface area contributed by atoms with Gasteiger partial charge in [0.1, 0.15) is 6.54 Å². The summed E-state index contributed by atoms with van der Waals surface area (Å²) in [6.45, 7) is 5.84. The van der Waals surface area contributed by atoms with E-state index < -0.39 is 0 Å². The van der Waals surface area contributed by atoms with Crippen LogP contribution in [0.25, 0.3) is 0 Å². The summed E-state index contributed by atoms with van der Waals surface area (Å²) in [6.07, 6.45) is 1.57. The molecule has 2 aromatic rings. The number of benzene rings is 1. The molecule has 1 amide bonds. The number of hydrogen-bond donors (Lipinski definition) is 0. The summed E-state index contributed by atoms with van der Waals surface area (Å²) in [5, 5.41) is 6.04. The summed E-state index contributed by atoms with van der Waals surface area (Å²) in [4.78, 5) is 16.6. The van der Waals surface area contributed by atoms with E-state index in [1.807, 2.05) is 24.0 Å². The molecule has 5 nitrogen and oxygen atoms in total. The maximum absolute atomic E-state index is 12.5. The van der Waals surface area contributed by atoms with Crippen LogP contribution in [-0.4, -0.2) is 51.7 Å². The van der Waals surface area contributed by atoms with E-state index in [0.717, 1.165) is 30.9 Å². The molecule has 25 heavy (non-hydrogen) atoms. The van der Waals surface area contributed by atoms with Crippen LogP contribution in [0, 0.1) is 6.92 Å². The Morgan fingerprint density at radius 2 is 1.84 bits per heavy atom. The molecular weight excluding hydrogens is 383 g/mol. The lowest BCUT2D eigenvalue weighted by atomic mass is 10.2. The molecule has 134 valence electrons. The van der Waals surface area contributed by atoms with Gasteiger partial charge in [-0.25, -0.2) is 0 Å². The van der Waals surface area contributed by atoms with Crippen molar-refractivity contribution in [1.29, 1.82) is 0 Å². The lowest BCUT2D eigenvalue weighted by Crippen LogP contribution is -2.49. The average molecular weight is 402 g/mol. The van der Waals surface area contributed by atoms with Gasteiger partial charge in [0.25, 0.3) is 0 Å². The summed E-state index contributed by atoms with van der Waals surface area (Å²) in [6, 6.07) is 5.56. The first kappa shape index (κ1) is 18.5. The van der Waals surface area contributed by atoms with Crippen LogP contribution in [0.3, 0.4) is 0 Å². The average Bonchev–Trinajstić information content (AvgIpc) is 2.90. The molecule has 0 unspecified atom stereocenters. The first-order valence-electron chi connectivity index (χ1n) is 8.06. The molecule has 8 heteroatoms. The highest BCUT2D eigenvalue weighted by molar-refractivity contribution is 6.35. The molecule has 0 radical (unpaired) electrons. The predicted octanol–water partition coefficient (Wildman–Crippen LogP) is 3.50. The molecule has 2 heterocycles. The predicted molar refractivity (Wildman–Crippen MR) is 100 cm³/mol. The van der Waals surface area contributed by atoms with Crippen molar-refractivity contribution in [2.45, 2.75) is 20.0 Å². The monoisotopic (exact) mass is 400 g/mol. The maximum atomic E-state index is 12.5. The molecule has 0 saturated carbocycles. The summed E-state index contributed by atoms with van der Waals surface area (Å²) in [5.74, 6) is 0.0621. The second-order valence-electron chi connectivity index (χ2n) is 6.13. The van der Waals surface area contributed by atoms with E-state index in [0.29, 0.717) is 28.2 Å². The number of halogens is 3. The Balaban J connectivity index is 1.53. The van der Waals surface area contributed by atoms with Crippen molar-refractivity contribution in [3.8, 4) is 0 Å². The molecular formula is C17H19Cl3N4O. The summed E-state index contributed by atoms with van der Waals surface area (Å²) < 4.78 is 1.64.